The molecule has 0 radical (unpaired) electrons. The minimum Gasteiger partial charge on any atom is -0.294 e. The van der Waals surface area contributed by atoms with Crippen LogP contribution in [0.15, 0.2) is 62.5 Å². The van der Waals surface area contributed by atoms with Gasteiger partial charge in [-0.25, -0.2) is 4.98 Å². The van der Waals surface area contributed by atoms with Crippen molar-refractivity contribution >= 4 is 42.8 Å². The van der Waals surface area contributed by atoms with Crippen LogP contribution < -0.4 is 5.56 Å². The van der Waals surface area contributed by atoms with Gasteiger partial charge in [-0.2, -0.15) is 0 Å². The second-order valence-electron chi connectivity index (χ2n) is 4.47. The Labute approximate surface area is 132 Å². The summed E-state index contributed by atoms with van der Waals surface area (Å²) in [6.07, 6.45) is 1.60. The molecule has 0 bridgehead atoms. The predicted octanol–water partition coefficient (Wildman–Crippen LogP) is 3.97. The molecule has 0 spiro atoms. The van der Waals surface area contributed by atoms with Gasteiger partial charge in [0, 0.05) is 8.95 Å². The first kappa shape index (κ1) is 13.5. The van der Waals surface area contributed by atoms with Crippen molar-refractivity contribution < 1.29 is 0 Å². The third-order valence-corrected chi connectivity index (χ3v) is 4.08. The van der Waals surface area contributed by atoms with Crippen LogP contribution in [-0.2, 0) is 6.54 Å². The number of benzene rings is 2. The second-order valence-corrected chi connectivity index (χ2v) is 6.30. The molecule has 0 aliphatic heterocycles. The Morgan fingerprint density at radius 2 is 1.70 bits per heavy atom. The Bertz CT molecular complexity index is 825. The van der Waals surface area contributed by atoms with Crippen molar-refractivity contribution in [1.29, 1.82) is 0 Å². The lowest BCUT2D eigenvalue weighted by Gasteiger charge is -2.07. The highest BCUT2D eigenvalue weighted by molar-refractivity contribution is 9.10. The minimum atomic E-state index is -0.0228. The molecular weight excluding hydrogens is 384 g/mol. The Morgan fingerprint density at radius 3 is 2.45 bits per heavy atom. The summed E-state index contributed by atoms with van der Waals surface area (Å²) in [4.78, 5) is 16.7. The van der Waals surface area contributed by atoms with Crippen LogP contribution in [0.3, 0.4) is 0 Å². The monoisotopic (exact) mass is 392 g/mol. The first-order chi connectivity index (χ1) is 9.63. The lowest BCUT2D eigenvalue weighted by atomic mass is 10.2. The van der Waals surface area contributed by atoms with Gasteiger partial charge in [0.15, 0.2) is 0 Å². The van der Waals surface area contributed by atoms with Crippen molar-refractivity contribution in [2.45, 2.75) is 6.54 Å². The van der Waals surface area contributed by atoms with Gasteiger partial charge >= 0.3 is 0 Å². The Kier molecular flexibility index (Phi) is 3.72. The van der Waals surface area contributed by atoms with Gasteiger partial charge in [0.25, 0.3) is 5.56 Å². The van der Waals surface area contributed by atoms with Gasteiger partial charge in [0.1, 0.15) is 0 Å². The maximum atomic E-state index is 12.4. The summed E-state index contributed by atoms with van der Waals surface area (Å²) >= 11 is 6.78. The van der Waals surface area contributed by atoms with E-state index < -0.39 is 0 Å². The average molecular weight is 394 g/mol. The zero-order valence-corrected chi connectivity index (χ0v) is 13.6. The fourth-order valence-corrected chi connectivity index (χ4v) is 2.64. The van der Waals surface area contributed by atoms with E-state index in [9.17, 15) is 4.79 Å². The Hall–Kier alpha value is -1.46. The highest BCUT2D eigenvalue weighted by Crippen LogP contribution is 2.15. The van der Waals surface area contributed by atoms with Gasteiger partial charge in [0.2, 0.25) is 0 Å². The Balaban J connectivity index is 2.04. The highest BCUT2D eigenvalue weighted by Gasteiger charge is 2.05. The largest absolute Gasteiger partial charge is 0.294 e. The van der Waals surface area contributed by atoms with Crippen molar-refractivity contribution in [3.8, 4) is 0 Å². The SMILES string of the molecule is O=c1c2ccc(Br)cc2ncn1Cc1ccc(Br)cc1. The van der Waals surface area contributed by atoms with Crippen LogP contribution in [0.1, 0.15) is 5.56 Å². The molecule has 3 aromatic rings. The molecule has 0 amide bonds. The van der Waals surface area contributed by atoms with Crippen molar-refractivity contribution in [3.05, 3.63) is 73.7 Å². The lowest BCUT2D eigenvalue weighted by Crippen LogP contribution is -2.21. The summed E-state index contributed by atoms with van der Waals surface area (Å²) in [6.45, 7) is 0.519. The van der Waals surface area contributed by atoms with E-state index in [0.717, 1.165) is 14.5 Å². The molecule has 5 heteroatoms. The van der Waals surface area contributed by atoms with Crippen LogP contribution in [0.25, 0.3) is 10.9 Å². The lowest BCUT2D eigenvalue weighted by molar-refractivity contribution is 0.748. The molecule has 0 saturated carbocycles. The number of fused-ring (bicyclic) bond motifs is 1. The molecule has 1 heterocycles. The molecule has 0 N–H and O–H groups in total. The quantitative estimate of drug-likeness (QED) is 0.660. The van der Waals surface area contributed by atoms with Crippen molar-refractivity contribution in [1.82, 2.24) is 9.55 Å². The molecule has 0 aliphatic carbocycles. The van der Waals surface area contributed by atoms with Crippen LogP contribution >= 0.6 is 31.9 Å². The van der Waals surface area contributed by atoms with Gasteiger partial charge in [0.05, 0.1) is 23.8 Å². The van der Waals surface area contributed by atoms with Crippen LogP contribution in [0.5, 0.6) is 0 Å². The number of hydrogen-bond donors (Lipinski definition) is 0. The first-order valence-electron chi connectivity index (χ1n) is 6.02. The second kappa shape index (κ2) is 5.50. The Morgan fingerprint density at radius 1 is 1.00 bits per heavy atom. The number of halogens is 2. The highest BCUT2D eigenvalue weighted by atomic mass is 79.9. The molecule has 1 aromatic heterocycles. The molecule has 0 atom stereocenters. The molecular formula is C15H10Br2N2O. The molecule has 0 fully saturated rings. The summed E-state index contributed by atoms with van der Waals surface area (Å²) in [5, 5.41) is 0.632. The van der Waals surface area contributed by atoms with Gasteiger partial charge in [-0.3, -0.25) is 9.36 Å². The van der Waals surface area contributed by atoms with E-state index >= 15 is 0 Å². The first-order valence-corrected chi connectivity index (χ1v) is 7.61. The van der Waals surface area contributed by atoms with Gasteiger partial charge < -0.3 is 0 Å². The van der Waals surface area contributed by atoms with Gasteiger partial charge in [-0.05, 0) is 35.9 Å². The van der Waals surface area contributed by atoms with Crippen LogP contribution in [0.4, 0.5) is 0 Å². The molecule has 3 rings (SSSR count). The van der Waals surface area contributed by atoms with Crippen LogP contribution in [0, 0.1) is 0 Å². The standard InChI is InChI=1S/C15H10Br2N2O/c16-11-3-1-10(2-4-11)8-19-9-18-14-7-12(17)5-6-13(14)15(19)20/h1-7,9H,8H2. The average Bonchev–Trinajstić information content (AvgIpc) is 2.44. The van der Waals surface area contributed by atoms with E-state index in [2.05, 4.69) is 36.8 Å². The van der Waals surface area contributed by atoms with E-state index in [4.69, 9.17) is 0 Å². The van der Waals surface area contributed by atoms with Crippen LogP contribution in [0.2, 0.25) is 0 Å². The predicted molar refractivity (Wildman–Crippen MR) is 86.9 cm³/mol. The summed E-state index contributed by atoms with van der Waals surface area (Å²) in [6, 6.07) is 13.4. The van der Waals surface area contributed by atoms with Crippen LogP contribution in [-0.4, -0.2) is 9.55 Å². The van der Waals surface area contributed by atoms with E-state index in [-0.39, 0.29) is 5.56 Å². The number of rotatable bonds is 2. The fourth-order valence-electron chi connectivity index (χ4n) is 2.03. The van der Waals surface area contributed by atoms with Gasteiger partial charge in [-0.15, -0.1) is 0 Å². The van der Waals surface area contributed by atoms with Crippen molar-refractivity contribution in [2.75, 3.05) is 0 Å². The van der Waals surface area contributed by atoms with Crippen molar-refractivity contribution in [3.63, 3.8) is 0 Å². The summed E-state index contributed by atoms with van der Waals surface area (Å²) in [7, 11) is 0. The maximum absolute atomic E-state index is 12.4. The number of nitrogens with zero attached hydrogens (tertiary/aromatic N) is 2. The normalized spacial score (nSPS) is 10.9. The zero-order valence-electron chi connectivity index (χ0n) is 10.4. The molecule has 100 valence electrons. The molecule has 20 heavy (non-hydrogen) atoms. The van der Waals surface area contributed by atoms with E-state index in [1.165, 1.54) is 0 Å². The van der Waals surface area contributed by atoms with Crippen molar-refractivity contribution in [2.24, 2.45) is 0 Å². The maximum Gasteiger partial charge on any atom is 0.261 e. The van der Waals surface area contributed by atoms with E-state index in [1.807, 2.05) is 36.4 Å². The third-order valence-electron chi connectivity index (χ3n) is 3.05. The zero-order chi connectivity index (χ0) is 14.1. The minimum absolute atomic E-state index is 0.0228. The molecule has 3 nitrogen and oxygen atoms in total. The topological polar surface area (TPSA) is 34.9 Å². The van der Waals surface area contributed by atoms with Gasteiger partial charge in [-0.1, -0.05) is 44.0 Å². The number of aromatic nitrogens is 2. The summed E-state index contributed by atoms with van der Waals surface area (Å²) in [5.74, 6) is 0. The summed E-state index contributed by atoms with van der Waals surface area (Å²) in [5.41, 5.74) is 1.75. The molecule has 0 aliphatic rings. The number of hydrogen-bond acceptors (Lipinski definition) is 2. The summed E-state index contributed by atoms with van der Waals surface area (Å²) < 4.78 is 3.57. The fraction of sp³-hybridized carbons (Fsp3) is 0.0667. The van der Waals surface area contributed by atoms with E-state index in [0.29, 0.717) is 17.4 Å². The smallest absolute Gasteiger partial charge is 0.261 e. The molecule has 2 aromatic carbocycles. The van der Waals surface area contributed by atoms with E-state index in [1.54, 1.807) is 17.0 Å². The molecule has 0 unspecified atom stereocenters. The third kappa shape index (κ3) is 2.69. The molecule has 0 saturated heterocycles.